The number of hydrogen-bond donors (Lipinski definition) is 1. The van der Waals surface area contributed by atoms with Gasteiger partial charge in [0.1, 0.15) is 0 Å². The van der Waals surface area contributed by atoms with Crippen molar-refractivity contribution in [1.29, 1.82) is 0 Å². The van der Waals surface area contributed by atoms with Crippen molar-refractivity contribution in [1.82, 2.24) is 4.31 Å². The summed E-state index contributed by atoms with van der Waals surface area (Å²) in [5.41, 5.74) is 4.35. The van der Waals surface area contributed by atoms with Crippen LogP contribution in [-0.4, -0.2) is 25.2 Å². The predicted molar refractivity (Wildman–Crippen MR) is 135 cm³/mol. The molecule has 0 bridgehead atoms. The Morgan fingerprint density at radius 1 is 1.00 bits per heavy atom. The van der Waals surface area contributed by atoms with Gasteiger partial charge in [-0.05, 0) is 64.6 Å². The molecule has 1 N–H and O–H groups in total. The zero-order valence-corrected chi connectivity index (χ0v) is 21.1. The number of nitrogens with zero attached hydrogens (tertiary/aromatic N) is 1. The molecule has 0 saturated carbocycles. The molecule has 4 rings (SSSR count). The number of carbonyl (C=O) groups is 1. The molecule has 1 amide bonds. The Morgan fingerprint density at radius 2 is 1.67 bits per heavy atom. The van der Waals surface area contributed by atoms with E-state index in [4.69, 9.17) is 0 Å². The second kappa shape index (κ2) is 9.41. The van der Waals surface area contributed by atoms with E-state index in [2.05, 4.69) is 33.0 Å². The summed E-state index contributed by atoms with van der Waals surface area (Å²) in [5.74, 6) is 0.180. The Morgan fingerprint density at radius 3 is 2.33 bits per heavy atom. The topological polar surface area (TPSA) is 66.5 Å². The van der Waals surface area contributed by atoms with E-state index >= 15 is 0 Å². The molecule has 2 heterocycles. The third-order valence-electron chi connectivity index (χ3n) is 6.12. The Hall–Kier alpha value is -2.48. The van der Waals surface area contributed by atoms with Gasteiger partial charge in [0.05, 0.1) is 4.90 Å². The highest BCUT2D eigenvalue weighted by atomic mass is 32.2. The highest BCUT2D eigenvalue weighted by Crippen LogP contribution is 2.33. The number of sulfonamides is 1. The van der Waals surface area contributed by atoms with Crippen LogP contribution in [0.4, 0.5) is 5.69 Å². The smallest absolute Gasteiger partial charge is 0.255 e. The summed E-state index contributed by atoms with van der Waals surface area (Å²) in [6.45, 7) is 9.21. The minimum absolute atomic E-state index is 0.148. The molecule has 1 aromatic heterocycles. The van der Waals surface area contributed by atoms with Crippen LogP contribution in [0.25, 0.3) is 0 Å². The summed E-state index contributed by atoms with van der Waals surface area (Å²) in [7, 11) is -3.70. The number of thiophene rings is 1. The lowest BCUT2D eigenvalue weighted by Crippen LogP contribution is -2.35. The third kappa shape index (κ3) is 4.76. The van der Waals surface area contributed by atoms with Crippen LogP contribution in [0.3, 0.4) is 0 Å². The van der Waals surface area contributed by atoms with E-state index in [1.807, 2.05) is 29.6 Å². The molecule has 3 aromatic rings. The molecular formula is C26H30N2O3S2. The van der Waals surface area contributed by atoms with Crippen LogP contribution in [0.2, 0.25) is 0 Å². The second-order valence-corrected chi connectivity index (χ2v) is 12.0. The summed E-state index contributed by atoms with van der Waals surface area (Å²) in [6.07, 6.45) is 0.719. The van der Waals surface area contributed by atoms with Crippen molar-refractivity contribution in [2.45, 2.75) is 57.4 Å². The Bertz CT molecular complexity index is 1250. The van der Waals surface area contributed by atoms with Gasteiger partial charge in [-0.3, -0.25) is 4.79 Å². The van der Waals surface area contributed by atoms with Gasteiger partial charge in [-0.25, -0.2) is 8.42 Å². The van der Waals surface area contributed by atoms with Crippen molar-refractivity contribution >= 4 is 33.0 Å². The second-order valence-electron chi connectivity index (χ2n) is 9.06. The first-order valence-corrected chi connectivity index (χ1v) is 13.6. The van der Waals surface area contributed by atoms with Gasteiger partial charge in [-0.1, -0.05) is 52.0 Å². The molecule has 0 spiro atoms. The average molecular weight is 483 g/mol. The van der Waals surface area contributed by atoms with Crippen LogP contribution in [0, 0.1) is 0 Å². The van der Waals surface area contributed by atoms with E-state index in [1.54, 1.807) is 29.5 Å². The first kappa shape index (κ1) is 23.7. The number of nitrogens with one attached hydrogen (secondary N) is 1. The molecule has 33 heavy (non-hydrogen) atoms. The van der Waals surface area contributed by atoms with Gasteiger partial charge in [0.2, 0.25) is 10.0 Å². The van der Waals surface area contributed by atoms with Crippen molar-refractivity contribution in [2.75, 3.05) is 11.9 Å². The maximum atomic E-state index is 13.3. The van der Waals surface area contributed by atoms with E-state index in [1.165, 1.54) is 15.2 Å². The van der Waals surface area contributed by atoms with Gasteiger partial charge in [-0.2, -0.15) is 4.31 Å². The van der Waals surface area contributed by atoms with Gasteiger partial charge >= 0.3 is 0 Å². The van der Waals surface area contributed by atoms with Crippen LogP contribution in [-0.2, 0) is 23.0 Å². The fourth-order valence-corrected chi connectivity index (χ4v) is 6.61. The lowest BCUT2D eigenvalue weighted by Gasteiger charge is -2.26. The van der Waals surface area contributed by atoms with Crippen LogP contribution in [0.1, 0.15) is 71.5 Å². The van der Waals surface area contributed by atoms with Gasteiger partial charge in [0.15, 0.2) is 0 Å². The minimum Gasteiger partial charge on any atom is -0.321 e. The number of hydrogen-bond acceptors (Lipinski definition) is 4. The largest absolute Gasteiger partial charge is 0.321 e. The molecule has 1 aliphatic heterocycles. The highest BCUT2D eigenvalue weighted by Gasteiger charge is 2.29. The highest BCUT2D eigenvalue weighted by molar-refractivity contribution is 7.89. The summed E-state index contributed by atoms with van der Waals surface area (Å²) in [6, 6.07) is 14.4. The quantitative estimate of drug-likeness (QED) is 0.469. The molecule has 2 aromatic carbocycles. The summed E-state index contributed by atoms with van der Waals surface area (Å²) < 4.78 is 28.2. The van der Waals surface area contributed by atoms with Crippen LogP contribution < -0.4 is 5.32 Å². The van der Waals surface area contributed by atoms with Crippen molar-refractivity contribution in [3.63, 3.8) is 0 Å². The number of fused-ring (bicyclic) bond motifs is 1. The molecule has 0 aliphatic carbocycles. The van der Waals surface area contributed by atoms with E-state index in [0.717, 1.165) is 28.8 Å². The predicted octanol–water partition coefficient (Wildman–Crippen LogP) is 5.99. The van der Waals surface area contributed by atoms with E-state index in [-0.39, 0.29) is 22.6 Å². The molecule has 1 aliphatic rings. The molecule has 0 fully saturated rings. The van der Waals surface area contributed by atoms with Gasteiger partial charge in [0.25, 0.3) is 5.91 Å². The van der Waals surface area contributed by atoms with E-state index in [0.29, 0.717) is 18.7 Å². The van der Waals surface area contributed by atoms with E-state index in [9.17, 15) is 13.2 Å². The number of carbonyl (C=O) groups excluding carboxylic acids is 1. The number of anilines is 1. The van der Waals surface area contributed by atoms with Crippen LogP contribution in [0.15, 0.2) is 58.8 Å². The Balaban J connectivity index is 1.62. The van der Waals surface area contributed by atoms with Crippen LogP contribution in [0.5, 0.6) is 0 Å². The van der Waals surface area contributed by atoms with E-state index < -0.39 is 10.0 Å². The number of para-hydroxylation sites is 1. The van der Waals surface area contributed by atoms with Gasteiger partial charge < -0.3 is 5.32 Å². The number of rotatable bonds is 6. The molecule has 0 saturated heterocycles. The lowest BCUT2D eigenvalue weighted by atomic mass is 9.92. The Labute approximate surface area is 200 Å². The minimum atomic E-state index is -3.70. The number of amides is 1. The standard InChI is InChI=1S/C26H30N2O3S2/c1-17(2)22-9-6-10-23(18(3)4)25(22)27-26(29)19-7-5-8-21(15-19)33(30,31)28-13-11-24-20(16-28)12-14-32-24/h5-10,12,14-15,17-18H,11,13,16H2,1-4H3,(H,27,29). The molecule has 5 nitrogen and oxygen atoms in total. The lowest BCUT2D eigenvalue weighted by molar-refractivity contribution is 0.102. The van der Waals surface area contributed by atoms with Gasteiger partial charge in [-0.15, -0.1) is 11.3 Å². The third-order valence-corrected chi connectivity index (χ3v) is 8.98. The first-order chi connectivity index (χ1) is 15.7. The molecule has 174 valence electrons. The molecule has 7 heteroatoms. The molecule has 0 radical (unpaired) electrons. The van der Waals surface area contributed by atoms with Crippen molar-refractivity contribution < 1.29 is 13.2 Å². The van der Waals surface area contributed by atoms with Crippen molar-refractivity contribution in [2.24, 2.45) is 0 Å². The molecule has 0 atom stereocenters. The zero-order valence-electron chi connectivity index (χ0n) is 19.5. The zero-order chi connectivity index (χ0) is 23.8. The summed E-state index contributed by atoms with van der Waals surface area (Å²) >= 11 is 1.67. The normalized spacial score (nSPS) is 14.5. The van der Waals surface area contributed by atoms with Crippen LogP contribution >= 0.6 is 11.3 Å². The monoisotopic (exact) mass is 482 g/mol. The van der Waals surface area contributed by atoms with Crippen molar-refractivity contribution in [3.05, 3.63) is 81.0 Å². The van der Waals surface area contributed by atoms with Crippen molar-refractivity contribution in [3.8, 4) is 0 Å². The fraction of sp³-hybridized carbons (Fsp3) is 0.346. The summed E-state index contributed by atoms with van der Waals surface area (Å²) in [4.78, 5) is 14.6. The SMILES string of the molecule is CC(C)c1cccc(C(C)C)c1NC(=O)c1cccc(S(=O)(=O)N2CCc3sccc3C2)c1. The maximum Gasteiger partial charge on any atom is 0.255 e. The average Bonchev–Trinajstić information content (AvgIpc) is 3.27. The molecule has 0 unspecified atom stereocenters. The maximum absolute atomic E-state index is 13.3. The molecular weight excluding hydrogens is 452 g/mol. The Kier molecular flexibility index (Phi) is 6.75. The first-order valence-electron chi connectivity index (χ1n) is 11.3. The summed E-state index contributed by atoms with van der Waals surface area (Å²) in [5, 5.41) is 5.09. The fourth-order valence-electron chi connectivity index (χ4n) is 4.26. The number of benzene rings is 2. The van der Waals surface area contributed by atoms with Gasteiger partial charge in [0, 0.05) is 29.2 Å².